The molecule has 0 spiro atoms. The molecule has 21 heavy (non-hydrogen) atoms. The highest BCUT2D eigenvalue weighted by atomic mass is 127. The Kier molecular flexibility index (Phi) is 6.23. The van der Waals surface area contributed by atoms with E-state index in [1.54, 1.807) is 0 Å². The van der Waals surface area contributed by atoms with Crippen LogP contribution in [0, 0.1) is 0 Å². The number of piperidine rings is 1. The third-order valence-corrected chi connectivity index (χ3v) is 4.99. The Labute approximate surface area is 147 Å². The highest BCUT2D eigenvalue weighted by Gasteiger charge is 2.12. The molecule has 0 saturated carbocycles. The summed E-state index contributed by atoms with van der Waals surface area (Å²) in [5.41, 5.74) is 1.30. The number of aryl methyl sites for hydroxylation is 1. The number of hydrogen-bond acceptors (Lipinski definition) is 2. The number of benzene rings is 1. The van der Waals surface area contributed by atoms with Crippen LogP contribution in [0.15, 0.2) is 42.6 Å². The minimum absolute atomic E-state index is 0. The molecule has 1 aliphatic rings. The van der Waals surface area contributed by atoms with Crippen LogP contribution in [0.3, 0.4) is 0 Å². The van der Waals surface area contributed by atoms with Gasteiger partial charge < -0.3 is 28.9 Å². The number of halogens is 1. The Balaban J connectivity index is 0.00000161. The smallest absolute Gasteiger partial charge is 0.262 e. The van der Waals surface area contributed by atoms with Crippen molar-refractivity contribution in [1.29, 1.82) is 0 Å². The second kappa shape index (κ2) is 7.94. The maximum Gasteiger partial charge on any atom is 0.262 e. The summed E-state index contributed by atoms with van der Waals surface area (Å²) < 4.78 is 3.60. The average Bonchev–Trinajstić information content (AvgIpc) is 2.82. The summed E-state index contributed by atoms with van der Waals surface area (Å²) >= 11 is 1.84. The summed E-state index contributed by atoms with van der Waals surface area (Å²) in [6, 6.07) is 8.55. The van der Waals surface area contributed by atoms with E-state index in [0.29, 0.717) is 0 Å². The summed E-state index contributed by atoms with van der Waals surface area (Å²) in [7, 11) is 2.13. The molecule has 2 heterocycles. The first-order chi connectivity index (χ1) is 9.84. The molecule has 0 radical (unpaired) electrons. The molecule has 0 bridgehead atoms. The molecule has 1 saturated heterocycles. The zero-order valence-electron chi connectivity index (χ0n) is 12.3. The SMILES string of the molecule is C[n+]1c(/C=C/C=C/N2CCCCC2)sc2ccccc21.[I-]. The van der Waals surface area contributed by atoms with E-state index in [1.165, 1.54) is 47.6 Å². The van der Waals surface area contributed by atoms with Crippen molar-refractivity contribution in [2.45, 2.75) is 19.3 Å². The average molecular weight is 412 g/mol. The van der Waals surface area contributed by atoms with E-state index in [-0.39, 0.29) is 24.0 Å². The van der Waals surface area contributed by atoms with Gasteiger partial charge in [0.1, 0.15) is 11.7 Å². The van der Waals surface area contributed by atoms with Gasteiger partial charge in [-0.3, -0.25) is 0 Å². The van der Waals surface area contributed by atoms with Crippen molar-refractivity contribution < 1.29 is 28.5 Å². The van der Waals surface area contributed by atoms with E-state index >= 15 is 0 Å². The topological polar surface area (TPSA) is 7.12 Å². The van der Waals surface area contributed by atoms with Gasteiger partial charge in [0, 0.05) is 25.2 Å². The van der Waals surface area contributed by atoms with Crippen molar-refractivity contribution in [3.8, 4) is 0 Å². The number of allylic oxidation sites excluding steroid dienone is 2. The molecule has 0 N–H and O–H groups in total. The maximum absolute atomic E-state index is 2.42. The molecule has 3 rings (SSSR count). The van der Waals surface area contributed by atoms with E-state index < -0.39 is 0 Å². The zero-order valence-corrected chi connectivity index (χ0v) is 15.3. The molecule has 1 aromatic heterocycles. The van der Waals surface area contributed by atoms with Gasteiger partial charge in [0.05, 0.1) is 0 Å². The first kappa shape index (κ1) is 16.5. The van der Waals surface area contributed by atoms with Crippen LogP contribution >= 0.6 is 11.3 Å². The second-order valence-electron chi connectivity index (χ2n) is 5.26. The molecule has 4 heteroatoms. The molecule has 1 aromatic carbocycles. The Bertz CT molecular complexity index is 639. The van der Waals surface area contributed by atoms with Crippen LogP contribution in [0.2, 0.25) is 0 Å². The lowest BCUT2D eigenvalue weighted by molar-refractivity contribution is -0.642. The number of para-hydroxylation sites is 1. The maximum atomic E-state index is 2.42. The van der Waals surface area contributed by atoms with Crippen LogP contribution in [0.4, 0.5) is 0 Å². The third kappa shape index (κ3) is 4.07. The molecule has 2 aromatic rings. The highest BCUT2D eigenvalue weighted by molar-refractivity contribution is 7.18. The lowest BCUT2D eigenvalue weighted by Crippen LogP contribution is -3.00. The van der Waals surface area contributed by atoms with Gasteiger partial charge in [-0.15, -0.1) is 0 Å². The zero-order chi connectivity index (χ0) is 13.8. The first-order valence-corrected chi connectivity index (χ1v) is 8.13. The Morgan fingerprint density at radius 2 is 1.86 bits per heavy atom. The molecule has 1 aliphatic heterocycles. The number of likely N-dealkylation sites (tertiary alicyclic amines) is 1. The van der Waals surface area contributed by atoms with Crippen molar-refractivity contribution >= 4 is 27.6 Å². The van der Waals surface area contributed by atoms with E-state index in [1.807, 2.05) is 11.3 Å². The Morgan fingerprint density at radius 1 is 1.10 bits per heavy atom. The van der Waals surface area contributed by atoms with Gasteiger partial charge in [-0.2, -0.15) is 4.57 Å². The summed E-state index contributed by atoms with van der Waals surface area (Å²) in [5.74, 6) is 0. The van der Waals surface area contributed by atoms with Crippen LogP contribution in [-0.4, -0.2) is 18.0 Å². The van der Waals surface area contributed by atoms with Gasteiger partial charge >= 0.3 is 0 Å². The van der Waals surface area contributed by atoms with Gasteiger partial charge in [-0.05, 0) is 37.6 Å². The highest BCUT2D eigenvalue weighted by Crippen LogP contribution is 2.20. The number of hydrogen-bond donors (Lipinski definition) is 0. The summed E-state index contributed by atoms with van der Waals surface area (Å²) in [4.78, 5) is 2.42. The normalized spacial score (nSPS) is 16.0. The molecule has 2 nitrogen and oxygen atoms in total. The lowest BCUT2D eigenvalue weighted by Gasteiger charge is -2.24. The van der Waals surface area contributed by atoms with Gasteiger partial charge in [-0.25, -0.2) is 0 Å². The van der Waals surface area contributed by atoms with Crippen molar-refractivity contribution in [1.82, 2.24) is 4.90 Å². The largest absolute Gasteiger partial charge is 1.00 e. The molecule has 112 valence electrons. The third-order valence-electron chi connectivity index (χ3n) is 3.81. The van der Waals surface area contributed by atoms with E-state index in [0.717, 1.165) is 0 Å². The minimum Gasteiger partial charge on any atom is -1.00 e. The molecular weight excluding hydrogens is 391 g/mol. The molecule has 0 aliphatic carbocycles. The van der Waals surface area contributed by atoms with Gasteiger partial charge in [0.2, 0.25) is 5.52 Å². The van der Waals surface area contributed by atoms with Crippen LogP contribution in [0.25, 0.3) is 16.3 Å². The summed E-state index contributed by atoms with van der Waals surface area (Å²) in [6.45, 7) is 2.42. The van der Waals surface area contributed by atoms with Gasteiger partial charge in [-0.1, -0.05) is 29.5 Å². The van der Waals surface area contributed by atoms with E-state index in [9.17, 15) is 0 Å². The van der Waals surface area contributed by atoms with Gasteiger partial charge in [0.15, 0.2) is 0 Å². The predicted octanol–water partition coefficient (Wildman–Crippen LogP) is 0.743. The number of rotatable bonds is 3. The minimum atomic E-state index is 0. The number of nitrogens with zero attached hydrogens (tertiary/aromatic N) is 2. The second-order valence-corrected chi connectivity index (χ2v) is 6.33. The fourth-order valence-corrected chi connectivity index (χ4v) is 3.71. The van der Waals surface area contributed by atoms with E-state index in [4.69, 9.17) is 0 Å². The van der Waals surface area contributed by atoms with Crippen molar-refractivity contribution in [2.24, 2.45) is 7.05 Å². The monoisotopic (exact) mass is 412 g/mol. The molecule has 1 fully saturated rings. The molecule has 0 atom stereocenters. The molecule has 0 amide bonds. The Hall–Kier alpha value is -0.880. The quantitative estimate of drug-likeness (QED) is 0.410. The van der Waals surface area contributed by atoms with Crippen LogP contribution in [0.1, 0.15) is 24.3 Å². The number of fused-ring (bicyclic) bond motifs is 1. The van der Waals surface area contributed by atoms with Crippen LogP contribution in [-0.2, 0) is 7.05 Å². The van der Waals surface area contributed by atoms with Crippen molar-refractivity contribution in [3.63, 3.8) is 0 Å². The van der Waals surface area contributed by atoms with Crippen LogP contribution < -0.4 is 28.5 Å². The fraction of sp³-hybridized carbons (Fsp3) is 0.353. The van der Waals surface area contributed by atoms with Crippen molar-refractivity contribution in [3.05, 3.63) is 47.6 Å². The number of thiazole rings is 1. The molecule has 0 unspecified atom stereocenters. The summed E-state index contributed by atoms with van der Waals surface area (Å²) in [5, 5.41) is 1.29. The molecular formula is C17H21IN2S. The Morgan fingerprint density at radius 3 is 2.62 bits per heavy atom. The first-order valence-electron chi connectivity index (χ1n) is 7.31. The van der Waals surface area contributed by atoms with E-state index in [2.05, 4.69) is 65.2 Å². The van der Waals surface area contributed by atoms with Gasteiger partial charge in [0.25, 0.3) is 5.01 Å². The predicted molar refractivity (Wildman–Crippen MR) is 86.6 cm³/mol. The number of aromatic nitrogens is 1. The van der Waals surface area contributed by atoms with Crippen LogP contribution in [0.5, 0.6) is 0 Å². The fourth-order valence-electron chi connectivity index (χ4n) is 2.64. The standard InChI is InChI=1S/C17H21N2S.HI/c1-18-15-9-3-4-10-16(15)20-17(18)11-5-8-14-19-12-6-2-7-13-19;/h3-5,8-11,14H,2,6-7,12-13H2,1H3;1H/q+1;/p-1. The summed E-state index contributed by atoms with van der Waals surface area (Å²) in [6.07, 6.45) is 12.8. The lowest BCUT2D eigenvalue weighted by atomic mass is 10.1. The van der Waals surface area contributed by atoms with Crippen molar-refractivity contribution in [2.75, 3.05) is 13.1 Å².